The summed E-state index contributed by atoms with van der Waals surface area (Å²) >= 11 is 0. The molecule has 9 nitrogen and oxygen atoms in total. The fourth-order valence-electron chi connectivity index (χ4n) is 4.76. The molecule has 0 aromatic heterocycles. The number of aliphatic hydroxyl groups is 1. The van der Waals surface area contributed by atoms with E-state index in [0.29, 0.717) is 30.2 Å². The molecule has 4 atom stereocenters. The third kappa shape index (κ3) is 9.06. The summed E-state index contributed by atoms with van der Waals surface area (Å²) in [5.74, 6) is -0.256. The van der Waals surface area contributed by atoms with Gasteiger partial charge in [0, 0.05) is 58.1 Å². The number of hydrogen-bond acceptors (Lipinski definition) is 6. The molecule has 1 aliphatic rings. The fourth-order valence-corrected chi connectivity index (χ4v) is 4.76. The summed E-state index contributed by atoms with van der Waals surface area (Å²) in [5, 5.41) is 12.9. The molecule has 41 heavy (non-hydrogen) atoms. The number of nitrogens with zero attached hydrogens (tertiary/aromatic N) is 3. The summed E-state index contributed by atoms with van der Waals surface area (Å²) in [6.45, 7) is 6.68. The van der Waals surface area contributed by atoms with Gasteiger partial charge in [-0.25, -0.2) is 9.18 Å². The zero-order valence-corrected chi connectivity index (χ0v) is 25.1. The Morgan fingerprint density at radius 1 is 1.15 bits per heavy atom. The Labute approximate surface area is 243 Å². The second kappa shape index (κ2) is 15.0. The lowest BCUT2D eigenvalue weighted by Crippen LogP contribution is -2.48. The number of carbonyl (C=O) groups excluding carboxylic acids is 2. The van der Waals surface area contributed by atoms with Gasteiger partial charge < -0.3 is 34.6 Å². The van der Waals surface area contributed by atoms with Crippen LogP contribution in [0.3, 0.4) is 0 Å². The normalized spacial score (nSPS) is 21.2. The highest BCUT2D eigenvalue weighted by molar-refractivity contribution is 5.98. The van der Waals surface area contributed by atoms with Crippen molar-refractivity contribution in [3.8, 4) is 5.75 Å². The van der Waals surface area contributed by atoms with E-state index in [1.165, 1.54) is 29.2 Å². The first-order valence-electron chi connectivity index (χ1n) is 14.3. The molecule has 0 fully saturated rings. The Morgan fingerprint density at radius 2 is 1.85 bits per heavy atom. The van der Waals surface area contributed by atoms with Gasteiger partial charge in [-0.2, -0.15) is 0 Å². The van der Waals surface area contributed by atoms with E-state index in [4.69, 9.17) is 9.47 Å². The Bertz CT molecular complexity index is 1150. The number of rotatable bonds is 6. The van der Waals surface area contributed by atoms with Gasteiger partial charge in [-0.05, 0) is 75.6 Å². The van der Waals surface area contributed by atoms with Crippen LogP contribution in [-0.2, 0) is 4.74 Å². The highest BCUT2D eigenvalue weighted by atomic mass is 19.1. The maximum Gasteiger partial charge on any atom is 0.321 e. The van der Waals surface area contributed by atoms with Crippen molar-refractivity contribution < 1.29 is 28.6 Å². The van der Waals surface area contributed by atoms with Crippen molar-refractivity contribution in [2.45, 2.75) is 58.3 Å². The van der Waals surface area contributed by atoms with E-state index < -0.39 is 6.04 Å². The van der Waals surface area contributed by atoms with Crippen LogP contribution in [0.2, 0.25) is 0 Å². The van der Waals surface area contributed by atoms with Gasteiger partial charge in [-0.15, -0.1) is 0 Å². The zero-order valence-electron chi connectivity index (χ0n) is 25.1. The third-order valence-electron chi connectivity index (χ3n) is 7.45. The largest absolute Gasteiger partial charge is 0.490 e. The molecule has 226 valence electrons. The fraction of sp³-hybridized carbons (Fsp3) is 0.548. The van der Waals surface area contributed by atoms with Crippen LogP contribution in [-0.4, -0.2) is 92.5 Å². The van der Waals surface area contributed by atoms with Crippen molar-refractivity contribution in [1.82, 2.24) is 9.80 Å². The van der Waals surface area contributed by atoms with Gasteiger partial charge in [0.2, 0.25) is 0 Å². The van der Waals surface area contributed by atoms with Crippen LogP contribution >= 0.6 is 0 Å². The van der Waals surface area contributed by atoms with Crippen molar-refractivity contribution in [2.24, 2.45) is 5.92 Å². The van der Waals surface area contributed by atoms with E-state index >= 15 is 0 Å². The molecule has 0 saturated carbocycles. The summed E-state index contributed by atoms with van der Waals surface area (Å²) in [4.78, 5) is 32.1. The molecule has 2 aromatic carbocycles. The molecule has 3 rings (SSSR count). The predicted octanol–water partition coefficient (Wildman–Crippen LogP) is 4.85. The van der Waals surface area contributed by atoms with Gasteiger partial charge in [0.25, 0.3) is 5.91 Å². The lowest BCUT2D eigenvalue weighted by atomic mass is 10.0. The predicted molar refractivity (Wildman–Crippen MR) is 159 cm³/mol. The second-order valence-electron chi connectivity index (χ2n) is 11.2. The summed E-state index contributed by atoms with van der Waals surface area (Å²) < 4.78 is 25.8. The summed E-state index contributed by atoms with van der Waals surface area (Å²) in [7, 11) is 5.51. The quantitative estimate of drug-likeness (QED) is 0.514. The molecule has 0 spiro atoms. The van der Waals surface area contributed by atoms with E-state index in [0.717, 1.165) is 24.9 Å². The topological polar surface area (TPSA) is 94.6 Å². The Morgan fingerprint density at radius 3 is 2.51 bits per heavy atom. The minimum Gasteiger partial charge on any atom is -0.490 e. The van der Waals surface area contributed by atoms with E-state index in [1.54, 1.807) is 11.9 Å². The van der Waals surface area contributed by atoms with Crippen molar-refractivity contribution in [3.63, 3.8) is 0 Å². The van der Waals surface area contributed by atoms with Gasteiger partial charge in [0.15, 0.2) is 0 Å². The number of aliphatic hydroxyl groups excluding tert-OH is 1. The number of hydrogen-bond donors (Lipinski definition) is 2. The van der Waals surface area contributed by atoms with Crippen molar-refractivity contribution >= 4 is 23.3 Å². The molecule has 0 saturated heterocycles. The average Bonchev–Trinajstić information content (AvgIpc) is 2.94. The van der Waals surface area contributed by atoms with Crippen LogP contribution in [0.25, 0.3) is 0 Å². The highest BCUT2D eigenvalue weighted by Crippen LogP contribution is 2.29. The van der Waals surface area contributed by atoms with Crippen molar-refractivity contribution in [1.29, 1.82) is 0 Å². The van der Waals surface area contributed by atoms with Gasteiger partial charge in [0.1, 0.15) is 11.6 Å². The Hall–Kier alpha value is -3.37. The number of fused-ring (bicyclic) bond motifs is 1. The Balaban J connectivity index is 1.87. The molecule has 2 aromatic rings. The lowest BCUT2D eigenvalue weighted by molar-refractivity contribution is -0.0115. The van der Waals surface area contributed by atoms with E-state index in [9.17, 15) is 19.1 Å². The number of nitrogens with one attached hydrogen (secondary N) is 1. The van der Waals surface area contributed by atoms with Crippen molar-refractivity contribution in [2.75, 3.05) is 57.7 Å². The molecule has 0 radical (unpaired) electrons. The number of ether oxygens (including phenoxy) is 2. The minimum atomic E-state index is -0.453. The van der Waals surface area contributed by atoms with E-state index in [2.05, 4.69) is 5.32 Å². The van der Waals surface area contributed by atoms with Crippen LogP contribution in [0.15, 0.2) is 42.5 Å². The maximum atomic E-state index is 14.1. The summed E-state index contributed by atoms with van der Waals surface area (Å²) in [5.41, 5.74) is 1.80. The summed E-state index contributed by atoms with van der Waals surface area (Å²) in [6.07, 6.45) is 2.03. The number of halogens is 1. The maximum absolute atomic E-state index is 14.1. The second-order valence-corrected chi connectivity index (χ2v) is 11.2. The van der Waals surface area contributed by atoms with E-state index in [1.807, 2.05) is 58.0 Å². The first-order valence-corrected chi connectivity index (χ1v) is 14.3. The number of benzene rings is 2. The van der Waals surface area contributed by atoms with Crippen molar-refractivity contribution in [3.05, 3.63) is 53.8 Å². The molecule has 2 N–H and O–H groups in total. The lowest BCUT2D eigenvalue weighted by Gasteiger charge is -2.36. The average molecular weight is 573 g/mol. The molecule has 1 aliphatic heterocycles. The molecule has 0 aliphatic carbocycles. The molecule has 3 amide bonds. The molecule has 0 bridgehead atoms. The first-order chi connectivity index (χ1) is 19.5. The van der Waals surface area contributed by atoms with Gasteiger partial charge >= 0.3 is 6.03 Å². The standard InChI is InChI=1S/C31H45FN4O5/c1-21-18-36(22(2)20-37)30(38)27-17-26(34(4)5)14-15-28(27)41-23(3)9-7-8-16-40-29(21)19-35(6)31(39)33-25-12-10-24(32)11-13-25/h10-15,17,21-23,29,37H,7-9,16,18-20H2,1-6H3,(H,33,39)/t21-,22-,23+,29-/m1/s1. The SMILES string of the molecule is C[C@@H]1CN([C@H](C)CO)C(=O)c2cc(N(C)C)ccc2O[C@@H](C)CCCCO[C@@H]1CN(C)C(=O)Nc1ccc(F)cc1. The number of anilines is 2. The number of amides is 3. The molecule has 10 heteroatoms. The molecular formula is C31H45FN4O5. The van der Waals surface area contributed by atoms with Crippen LogP contribution in [0.5, 0.6) is 5.75 Å². The van der Waals surface area contributed by atoms with Gasteiger partial charge in [-0.1, -0.05) is 6.92 Å². The Kier molecular flexibility index (Phi) is 11.8. The number of urea groups is 1. The molecular weight excluding hydrogens is 527 g/mol. The van der Waals surface area contributed by atoms with Crippen LogP contribution in [0, 0.1) is 11.7 Å². The summed E-state index contributed by atoms with van der Waals surface area (Å²) in [6, 6.07) is 10.4. The zero-order chi connectivity index (χ0) is 30.1. The number of likely N-dealkylation sites (N-methyl/N-ethyl adjacent to an activating group) is 1. The van der Waals surface area contributed by atoms with E-state index in [-0.39, 0.29) is 49.0 Å². The van der Waals surface area contributed by atoms with Crippen LogP contribution in [0.1, 0.15) is 50.4 Å². The third-order valence-corrected chi connectivity index (χ3v) is 7.45. The minimum absolute atomic E-state index is 0.102. The molecule has 1 heterocycles. The molecule has 0 unspecified atom stereocenters. The first kappa shape index (κ1) is 32.1. The number of carbonyl (C=O) groups is 2. The van der Waals surface area contributed by atoms with Gasteiger partial charge in [-0.3, -0.25) is 4.79 Å². The smallest absolute Gasteiger partial charge is 0.321 e. The monoisotopic (exact) mass is 572 g/mol. The van der Waals surface area contributed by atoms with Crippen LogP contribution in [0.4, 0.5) is 20.6 Å². The van der Waals surface area contributed by atoms with Gasteiger partial charge in [0.05, 0.1) is 30.4 Å². The highest BCUT2D eigenvalue weighted by Gasteiger charge is 2.31. The van der Waals surface area contributed by atoms with Crippen LogP contribution < -0.4 is 15.0 Å².